The van der Waals surface area contributed by atoms with Crippen LogP contribution in [0.4, 0.5) is 0 Å². The van der Waals surface area contributed by atoms with E-state index in [0.29, 0.717) is 12.3 Å². The number of unbranched alkanes of at least 4 members (excludes halogenated alkanes) is 9. The van der Waals surface area contributed by atoms with Crippen LogP contribution in [0.25, 0.3) is 0 Å². The van der Waals surface area contributed by atoms with Gasteiger partial charge in [0.2, 0.25) is 0 Å². The van der Waals surface area contributed by atoms with Crippen molar-refractivity contribution in [3.63, 3.8) is 0 Å². The molecule has 0 saturated carbocycles. The molecule has 0 radical (unpaired) electrons. The Balaban J connectivity index is 2.09. The summed E-state index contributed by atoms with van der Waals surface area (Å²) in [5.41, 5.74) is 0. The highest BCUT2D eigenvalue weighted by Crippen LogP contribution is 2.53. The zero-order chi connectivity index (χ0) is 20.7. The van der Waals surface area contributed by atoms with E-state index in [1.165, 1.54) is 51.4 Å². The maximum absolute atomic E-state index is 12.1. The topological polar surface area (TPSA) is 64.6 Å². The third kappa shape index (κ3) is 12.4. The Hall–Kier alpha value is -1.03. The minimum absolute atomic E-state index is 0.291. The molecule has 1 aromatic carbocycles. The zero-order valence-electron chi connectivity index (χ0n) is 17.2. The molecule has 0 aliphatic carbocycles. The van der Waals surface area contributed by atoms with Crippen molar-refractivity contribution in [3.8, 4) is 5.75 Å². The molecule has 5 nitrogen and oxygen atoms in total. The van der Waals surface area contributed by atoms with Crippen molar-refractivity contribution >= 4 is 24.2 Å². The van der Waals surface area contributed by atoms with Crippen LogP contribution in [-0.4, -0.2) is 18.6 Å². The van der Waals surface area contributed by atoms with Crippen LogP contribution < -0.4 is 9.84 Å². The molecule has 0 amide bonds. The van der Waals surface area contributed by atoms with E-state index in [1.807, 2.05) is 0 Å². The van der Waals surface area contributed by atoms with E-state index < -0.39 is 19.0 Å². The molecule has 0 fully saturated rings. The monoisotopic (exact) mass is 431 g/mol. The summed E-state index contributed by atoms with van der Waals surface area (Å²) in [4.78, 5) is 12.0. The summed E-state index contributed by atoms with van der Waals surface area (Å²) in [6.45, 7) is 0.600. The first-order chi connectivity index (χ1) is 13.4. The second-order valence-electron chi connectivity index (χ2n) is 7.10. The fourth-order valence-corrected chi connectivity index (χ4v) is 4.05. The predicted molar refractivity (Wildman–Crippen MR) is 116 cm³/mol. The Bertz CT molecular complexity index is 585. The first kappa shape index (κ1) is 25.0. The highest BCUT2D eigenvalue weighted by atomic mass is 35.7. The van der Waals surface area contributed by atoms with Gasteiger partial charge in [-0.25, -0.2) is 9.36 Å². The van der Waals surface area contributed by atoms with Crippen LogP contribution in [0.1, 0.15) is 78.1 Å². The van der Waals surface area contributed by atoms with Crippen molar-refractivity contribution in [1.29, 1.82) is 0 Å². The highest BCUT2D eigenvalue weighted by Gasteiger charge is 2.30. The Morgan fingerprint density at radius 2 is 1.54 bits per heavy atom. The average Bonchev–Trinajstić information content (AvgIpc) is 2.66. The Morgan fingerprint density at radius 1 is 1.00 bits per heavy atom. The number of rotatable bonds is 16. The number of carbonyl (C=O) groups excluding carboxylic acids is 1. The van der Waals surface area contributed by atoms with Gasteiger partial charge in [-0.1, -0.05) is 82.9 Å². The molecule has 1 aromatic rings. The number of para-hydroxylation sites is 1. The standard InChI is InChI=1S/C21H35ClNO4P/c1-3-4-5-6-7-8-9-10-11-15-18-23-19(2)21(24)27-28(22,25)26-20-16-13-12-14-17-20/h12-14,16-17,19,23H,3-11,15,18H2,1-2H3/t19-,28?/m1/s1. The van der Waals surface area contributed by atoms with Gasteiger partial charge in [0.15, 0.2) is 0 Å². The van der Waals surface area contributed by atoms with E-state index in [0.717, 1.165) is 12.8 Å². The van der Waals surface area contributed by atoms with Crippen LogP contribution in [0, 0.1) is 0 Å². The molecule has 28 heavy (non-hydrogen) atoms. The number of halogens is 1. The molecular weight excluding hydrogens is 397 g/mol. The number of benzene rings is 1. The summed E-state index contributed by atoms with van der Waals surface area (Å²) in [5.74, 6) is -0.388. The third-order valence-corrected chi connectivity index (χ3v) is 5.73. The quantitative estimate of drug-likeness (QED) is 0.229. The molecule has 0 saturated heterocycles. The number of nitrogens with one attached hydrogen (secondary N) is 1. The summed E-state index contributed by atoms with van der Waals surface area (Å²) in [5, 5.41) is 3.08. The van der Waals surface area contributed by atoms with Crippen molar-refractivity contribution in [3.05, 3.63) is 30.3 Å². The Morgan fingerprint density at radius 3 is 2.11 bits per heavy atom. The maximum atomic E-state index is 12.1. The van der Waals surface area contributed by atoms with Gasteiger partial charge < -0.3 is 14.4 Å². The van der Waals surface area contributed by atoms with E-state index in [2.05, 4.69) is 12.2 Å². The summed E-state index contributed by atoms with van der Waals surface area (Å²) < 4.78 is 22.1. The van der Waals surface area contributed by atoms with Crippen molar-refractivity contribution in [2.45, 2.75) is 84.1 Å². The van der Waals surface area contributed by atoms with Crippen LogP contribution in [0.15, 0.2) is 30.3 Å². The lowest BCUT2D eigenvalue weighted by Crippen LogP contribution is -2.35. The summed E-state index contributed by atoms with van der Waals surface area (Å²) in [6, 6.07) is 7.81. The smallest absolute Gasteiger partial charge is 0.405 e. The van der Waals surface area contributed by atoms with E-state index in [9.17, 15) is 9.36 Å². The van der Waals surface area contributed by atoms with Crippen molar-refractivity contribution < 1.29 is 18.4 Å². The van der Waals surface area contributed by atoms with Gasteiger partial charge >= 0.3 is 12.9 Å². The molecule has 7 heteroatoms. The minimum atomic E-state index is -4.01. The number of hydrogen-bond acceptors (Lipinski definition) is 5. The zero-order valence-corrected chi connectivity index (χ0v) is 18.9. The lowest BCUT2D eigenvalue weighted by atomic mass is 10.1. The van der Waals surface area contributed by atoms with Gasteiger partial charge in [0.1, 0.15) is 11.8 Å². The van der Waals surface area contributed by atoms with E-state index in [-0.39, 0.29) is 0 Å². The fourth-order valence-electron chi connectivity index (χ4n) is 2.83. The summed E-state index contributed by atoms with van der Waals surface area (Å²) in [7, 11) is 0. The lowest BCUT2D eigenvalue weighted by Gasteiger charge is -2.16. The molecule has 1 N–H and O–H groups in total. The van der Waals surface area contributed by atoms with Crippen molar-refractivity contribution in [2.24, 2.45) is 0 Å². The second kappa shape index (κ2) is 14.9. The van der Waals surface area contributed by atoms with Crippen molar-refractivity contribution in [1.82, 2.24) is 5.32 Å². The maximum Gasteiger partial charge on any atom is 0.532 e. The SMILES string of the molecule is CCCCCCCCCCCCN[C@H](C)C(=O)OP(=O)(Cl)Oc1ccccc1. The molecule has 2 atom stereocenters. The fraction of sp³-hybridized carbons (Fsp3) is 0.667. The molecular formula is C21H35ClNO4P. The van der Waals surface area contributed by atoms with Crippen molar-refractivity contribution in [2.75, 3.05) is 6.54 Å². The first-order valence-corrected chi connectivity index (χ1v) is 12.9. The third-order valence-electron chi connectivity index (χ3n) is 4.49. The van der Waals surface area contributed by atoms with Gasteiger partial charge in [-0.3, -0.25) is 0 Å². The molecule has 1 rings (SSSR count). The molecule has 1 unspecified atom stereocenters. The average molecular weight is 432 g/mol. The molecule has 160 valence electrons. The predicted octanol–water partition coefficient (Wildman–Crippen LogP) is 6.85. The van der Waals surface area contributed by atoms with Crippen LogP contribution in [0.5, 0.6) is 5.75 Å². The molecule has 0 bridgehead atoms. The van der Waals surface area contributed by atoms with Gasteiger partial charge in [0, 0.05) is 11.2 Å². The summed E-state index contributed by atoms with van der Waals surface area (Å²) in [6.07, 6.45) is 12.6. The molecule has 0 aromatic heterocycles. The van der Waals surface area contributed by atoms with Crippen LogP contribution in [-0.2, 0) is 13.9 Å². The Labute approximate surface area is 174 Å². The Kier molecular flexibility index (Phi) is 13.3. The molecule has 0 spiro atoms. The van der Waals surface area contributed by atoms with Gasteiger partial charge in [0.25, 0.3) is 0 Å². The van der Waals surface area contributed by atoms with E-state index in [1.54, 1.807) is 37.3 Å². The highest BCUT2D eigenvalue weighted by molar-refractivity contribution is 7.82. The number of hydrogen-bond donors (Lipinski definition) is 1. The van der Waals surface area contributed by atoms with E-state index >= 15 is 0 Å². The van der Waals surface area contributed by atoms with Crippen LogP contribution in [0.3, 0.4) is 0 Å². The van der Waals surface area contributed by atoms with Gasteiger partial charge in [-0.2, -0.15) is 0 Å². The second-order valence-corrected chi connectivity index (χ2v) is 9.57. The summed E-state index contributed by atoms with van der Waals surface area (Å²) >= 11 is 5.74. The minimum Gasteiger partial charge on any atom is -0.405 e. The normalized spacial score (nSPS) is 14.2. The molecule has 0 heterocycles. The first-order valence-electron chi connectivity index (χ1n) is 10.5. The van der Waals surface area contributed by atoms with Crippen LogP contribution in [0.2, 0.25) is 0 Å². The largest absolute Gasteiger partial charge is 0.532 e. The molecule has 0 aliphatic rings. The van der Waals surface area contributed by atoms with Crippen LogP contribution >= 0.6 is 18.2 Å². The number of carbonyl (C=O) groups is 1. The van der Waals surface area contributed by atoms with Gasteiger partial charge in [-0.05, 0) is 32.0 Å². The van der Waals surface area contributed by atoms with E-state index in [4.69, 9.17) is 20.3 Å². The van der Waals surface area contributed by atoms with Gasteiger partial charge in [-0.15, -0.1) is 0 Å². The lowest BCUT2D eigenvalue weighted by molar-refractivity contribution is -0.136. The van der Waals surface area contributed by atoms with Gasteiger partial charge in [0.05, 0.1) is 0 Å². The molecule has 0 aliphatic heterocycles.